The standard InChI is InChI=1S/C28H33F3N4O6/c1-2-3-15-32-27(40)33-16-7-10-23(36)34-18-24(37)35-22(17-25(38)41-26(39)28(29,30)31)21-13-11-20(12-14-21)19-8-5-4-6-9-19/h4-6,8-9,11-14,22H,2-3,7,10,15-18H2,1H3,(H,34,36)(H,35,37)(H2,32,33,40). The molecule has 4 N–H and O–H groups in total. The average Bonchev–Trinajstić information content (AvgIpc) is 2.94. The molecular formula is C28H33F3N4O6. The van der Waals surface area contributed by atoms with Gasteiger partial charge in [-0.15, -0.1) is 0 Å². The number of halogens is 3. The van der Waals surface area contributed by atoms with Gasteiger partial charge in [0.25, 0.3) is 0 Å². The van der Waals surface area contributed by atoms with Gasteiger partial charge in [0.1, 0.15) is 0 Å². The topological polar surface area (TPSA) is 143 Å². The molecule has 0 bridgehead atoms. The average molecular weight is 579 g/mol. The van der Waals surface area contributed by atoms with Crippen LogP contribution in [0.5, 0.6) is 0 Å². The van der Waals surface area contributed by atoms with Gasteiger partial charge in [-0.2, -0.15) is 13.2 Å². The van der Waals surface area contributed by atoms with Gasteiger partial charge in [0.2, 0.25) is 11.8 Å². The minimum Gasteiger partial charge on any atom is -0.386 e. The van der Waals surface area contributed by atoms with E-state index >= 15 is 0 Å². The van der Waals surface area contributed by atoms with Crippen molar-refractivity contribution >= 4 is 29.8 Å². The third kappa shape index (κ3) is 12.5. The number of rotatable bonds is 14. The van der Waals surface area contributed by atoms with E-state index in [-0.39, 0.29) is 19.0 Å². The van der Waals surface area contributed by atoms with Crippen molar-refractivity contribution in [3.63, 3.8) is 0 Å². The Hall–Kier alpha value is -4.42. The van der Waals surface area contributed by atoms with Crippen LogP contribution in [0, 0.1) is 0 Å². The number of amides is 4. The molecule has 2 rings (SSSR count). The van der Waals surface area contributed by atoms with Crippen LogP contribution in [0.25, 0.3) is 11.1 Å². The fourth-order valence-electron chi connectivity index (χ4n) is 3.56. The molecule has 0 aromatic heterocycles. The third-order valence-electron chi connectivity index (χ3n) is 5.69. The second kappa shape index (κ2) is 16.6. The first kappa shape index (κ1) is 32.8. The van der Waals surface area contributed by atoms with Gasteiger partial charge in [-0.05, 0) is 29.5 Å². The zero-order chi connectivity index (χ0) is 30.3. The smallest absolute Gasteiger partial charge is 0.386 e. The van der Waals surface area contributed by atoms with Crippen LogP contribution in [0.3, 0.4) is 0 Å². The Morgan fingerprint density at radius 2 is 1.41 bits per heavy atom. The summed E-state index contributed by atoms with van der Waals surface area (Å²) in [5.41, 5.74) is 2.07. The van der Waals surface area contributed by atoms with Crippen LogP contribution < -0.4 is 21.3 Å². The lowest BCUT2D eigenvalue weighted by Crippen LogP contribution is -2.40. The molecule has 41 heavy (non-hydrogen) atoms. The van der Waals surface area contributed by atoms with Crippen LogP contribution in [0.4, 0.5) is 18.0 Å². The van der Waals surface area contributed by atoms with Crippen LogP contribution in [0.15, 0.2) is 54.6 Å². The Labute approximate surface area is 235 Å². The number of unbranched alkanes of at least 4 members (excludes halogenated alkanes) is 1. The number of carbonyl (C=O) groups excluding carboxylic acids is 5. The maximum atomic E-state index is 12.5. The fourth-order valence-corrected chi connectivity index (χ4v) is 3.56. The first-order chi connectivity index (χ1) is 19.5. The normalized spacial score (nSPS) is 11.6. The number of alkyl halides is 3. The van der Waals surface area contributed by atoms with Gasteiger partial charge in [0.15, 0.2) is 0 Å². The van der Waals surface area contributed by atoms with E-state index in [1.807, 2.05) is 37.3 Å². The summed E-state index contributed by atoms with van der Waals surface area (Å²) >= 11 is 0. The number of urea groups is 1. The molecule has 0 saturated carbocycles. The second-order valence-electron chi connectivity index (χ2n) is 8.99. The van der Waals surface area contributed by atoms with E-state index in [0.717, 1.165) is 24.0 Å². The Balaban J connectivity index is 1.94. The molecule has 10 nitrogen and oxygen atoms in total. The Kier molecular flexibility index (Phi) is 13.3. The zero-order valence-corrected chi connectivity index (χ0v) is 22.5. The third-order valence-corrected chi connectivity index (χ3v) is 5.69. The van der Waals surface area contributed by atoms with Gasteiger partial charge < -0.3 is 26.0 Å². The Morgan fingerprint density at radius 1 is 0.805 bits per heavy atom. The predicted octanol–water partition coefficient (Wildman–Crippen LogP) is 3.53. The maximum Gasteiger partial charge on any atom is 0.491 e. The highest BCUT2D eigenvalue weighted by Crippen LogP contribution is 2.24. The SMILES string of the molecule is CCCCNC(=O)NCCCC(=O)NCC(=O)NC(CC(=O)OC(=O)C(F)(F)F)c1ccc(-c2ccccc2)cc1. The van der Waals surface area contributed by atoms with Gasteiger partial charge in [0.05, 0.1) is 19.0 Å². The van der Waals surface area contributed by atoms with Crippen molar-refractivity contribution < 1.29 is 41.9 Å². The summed E-state index contributed by atoms with van der Waals surface area (Å²) in [6.07, 6.45) is -3.98. The van der Waals surface area contributed by atoms with E-state index in [9.17, 15) is 37.1 Å². The molecule has 1 atom stereocenters. The molecule has 2 aromatic carbocycles. The van der Waals surface area contributed by atoms with E-state index < -0.39 is 48.9 Å². The number of benzene rings is 2. The lowest BCUT2D eigenvalue weighted by atomic mass is 9.99. The summed E-state index contributed by atoms with van der Waals surface area (Å²) in [5.74, 6) is -5.33. The molecule has 0 aliphatic carbocycles. The maximum absolute atomic E-state index is 12.5. The summed E-state index contributed by atoms with van der Waals surface area (Å²) in [6, 6.07) is 14.4. The van der Waals surface area contributed by atoms with Crippen molar-refractivity contribution in [3.8, 4) is 11.1 Å². The van der Waals surface area contributed by atoms with Crippen molar-refractivity contribution in [2.24, 2.45) is 0 Å². The highest BCUT2D eigenvalue weighted by Gasteiger charge is 2.42. The second-order valence-corrected chi connectivity index (χ2v) is 8.99. The van der Waals surface area contributed by atoms with Crippen LogP contribution in [-0.4, -0.2) is 55.6 Å². The summed E-state index contributed by atoms with van der Waals surface area (Å²) < 4.78 is 41.4. The molecule has 13 heteroatoms. The molecule has 222 valence electrons. The highest BCUT2D eigenvalue weighted by molar-refractivity contribution is 5.89. The summed E-state index contributed by atoms with van der Waals surface area (Å²) in [4.78, 5) is 59.4. The molecule has 2 aromatic rings. The van der Waals surface area contributed by atoms with Gasteiger partial charge in [0, 0.05) is 19.5 Å². The van der Waals surface area contributed by atoms with E-state index in [4.69, 9.17) is 0 Å². The van der Waals surface area contributed by atoms with Crippen LogP contribution in [0.2, 0.25) is 0 Å². The molecule has 4 amide bonds. The molecule has 0 saturated heterocycles. The van der Waals surface area contributed by atoms with Crippen LogP contribution in [-0.2, 0) is 23.9 Å². The monoisotopic (exact) mass is 578 g/mol. The van der Waals surface area contributed by atoms with Crippen molar-refractivity contribution in [2.45, 2.75) is 51.2 Å². The number of ether oxygens (including phenoxy) is 1. The number of esters is 2. The Morgan fingerprint density at radius 3 is 2.02 bits per heavy atom. The van der Waals surface area contributed by atoms with Gasteiger partial charge in [-0.25, -0.2) is 9.59 Å². The van der Waals surface area contributed by atoms with E-state index in [2.05, 4.69) is 26.0 Å². The van der Waals surface area contributed by atoms with Gasteiger partial charge in [-0.3, -0.25) is 14.4 Å². The molecular weight excluding hydrogens is 545 g/mol. The quantitative estimate of drug-likeness (QED) is 0.154. The summed E-state index contributed by atoms with van der Waals surface area (Å²) in [5, 5.41) is 10.2. The molecule has 1 unspecified atom stereocenters. The predicted molar refractivity (Wildman–Crippen MR) is 143 cm³/mol. The first-order valence-electron chi connectivity index (χ1n) is 13.0. The van der Waals surface area contributed by atoms with E-state index in [1.54, 1.807) is 24.3 Å². The number of nitrogens with one attached hydrogen (secondary N) is 4. The molecule has 0 aliphatic rings. The van der Waals surface area contributed by atoms with Crippen LogP contribution >= 0.6 is 0 Å². The van der Waals surface area contributed by atoms with Crippen molar-refractivity contribution in [1.82, 2.24) is 21.3 Å². The Bertz CT molecular complexity index is 1170. The largest absolute Gasteiger partial charge is 0.491 e. The lowest BCUT2D eigenvalue weighted by Gasteiger charge is -2.19. The first-order valence-corrected chi connectivity index (χ1v) is 13.0. The van der Waals surface area contributed by atoms with Crippen molar-refractivity contribution in [3.05, 3.63) is 60.2 Å². The molecule has 0 radical (unpaired) electrons. The number of hydrogen-bond acceptors (Lipinski definition) is 6. The summed E-state index contributed by atoms with van der Waals surface area (Å²) in [6.45, 7) is 2.32. The zero-order valence-electron chi connectivity index (χ0n) is 22.5. The molecule has 0 fully saturated rings. The molecule has 0 heterocycles. The fraction of sp³-hybridized carbons (Fsp3) is 0.393. The highest BCUT2D eigenvalue weighted by atomic mass is 19.4. The lowest BCUT2D eigenvalue weighted by molar-refractivity contribution is -0.202. The minimum absolute atomic E-state index is 0.0266. The van der Waals surface area contributed by atoms with Gasteiger partial charge >= 0.3 is 24.1 Å². The van der Waals surface area contributed by atoms with Crippen LogP contribution in [0.1, 0.15) is 50.6 Å². The number of carbonyl (C=O) groups is 5. The number of hydrogen-bond donors (Lipinski definition) is 4. The summed E-state index contributed by atoms with van der Waals surface area (Å²) in [7, 11) is 0. The molecule has 0 aliphatic heterocycles. The van der Waals surface area contributed by atoms with Crippen molar-refractivity contribution in [1.29, 1.82) is 0 Å². The van der Waals surface area contributed by atoms with E-state index in [0.29, 0.717) is 18.5 Å². The van der Waals surface area contributed by atoms with Gasteiger partial charge in [-0.1, -0.05) is 67.9 Å². The molecule has 0 spiro atoms. The van der Waals surface area contributed by atoms with E-state index in [1.165, 1.54) is 0 Å². The minimum atomic E-state index is -5.36. The van der Waals surface area contributed by atoms with Crippen molar-refractivity contribution in [2.75, 3.05) is 19.6 Å².